The summed E-state index contributed by atoms with van der Waals surface area (Å²) in [5, 5.41) is 41.1. The van der Waals surface area contributed by atoms with Crippen molar-refractivity contribution in [3.8, 4) is 0 Å². The zero-order valence-corrected chi connectivity index (χ0v) is 27.8. The van der Waals surface area contributed by atoms with Crippen molar-refractivity contribution in [1.29, 1.82) is 0 Å². The van der Waals surface area contributed by atoms with Crippen LogP contribution in [0, 0.1) is 56.2 Å². The lowest BCUT2D eigenvalue weighted by Gasteiger charge is -2.73. The topological polar surface area (TPSA) is 109 Å². The largest absolute Gasteiger partial charge is 0.394 e. The van der Waals surface area contributed by atoms with E-state index in [1.807, 2.05) is 0 Å². The minimum atomic E-state index is -1.41. The summed E-state index contributed by atoms with van der Waals surface area (Å²) in [5.74, 6) is 2.59. The van der Waals surface area contributed by atoms with Crippen molar-refractivity contribution >= 4 is 0 Å². The number of hydrogen-bond donors (Lipinski definition) is 4. The van der Waals surface area contributed by atoms with Gasteiger partial charge in [0.2, 0.25) is 0 Å². The maximum absolute atomic E-state index is 10.7. The highest BCUT2D eigenvalue weighted by molar-refractivity contribution is 5.21. The van der Waals surface area contributed by atoms with E-state index in [0.29, 0.717) is 40.1 Å². The SMILES string of the molecule is CC1(C)CC[C@]23CC[C@]4(C)[C@H](CC[C@@H]5[C@@]6(C)CC[C@H](O[C@@H]7O[C@H](CO)[C@@H](O)[C@H](O)[C@H]7O)C(C)(C)[C@@H]6CC[C@]54C)[C@H]2[C@@H]1OC3. The Hall–Kier alpha value is -0.280. The van der Waals surface area contributed by atoms with Gasteiger partial charge in [-0.2, -0.15) is 0 Å². The van der Waals surface area contributed by atoms with Crippen LogP contribution in [0.4, 0.5) is 0 Å². The number of aliphatic hydroxyl groups excluding tert-OH is 4. The highest BCUT2D eigenvalue weighted by Crippen LogP contribution is 2.78. The first kappa shape index (κ1) is 31.3. The maximum atomic E-state index is 10.7. The van der Waals surface area contributed by atoms with Gasteiger partial charge in [0.25, 0.3) is 0 Å². The van der Waals surface area contributed by atoms with E-state index in [9.17, 15) is 20.4 Å². The lowest BCUT2D eigenvalue weighted by atomic mass is 9.31. The molecule has 7 rings (SSSR count). The van der Waals surface area contributed by atoms with Gasteiger partial charge in [-0.05, 0) is 120 Å². The smallest absolute Gasteiger partial charge is 0.186 e. The quantitative estimate of drug-likeness (QED) is 0.334. The first-order chi connectivity index (χ1) is 20.1. The Morgan fingerprint density at radius 3 is 2.16 bits per heavy atom. The predicted octanol–water partition coefficient (Wildman–Crippen LogP) is 5.06. The highest BCUT2D eigenvalue weighted by Gasteiger charge is 2.73. The molecule has 43 heavy (non-hydrogen) atoms. The zero-order chi connectivity index (χ0) is 31.0. The van der Waals surface area contributed by atoms with Crippen molar-refractivity contribution < 1.29 is 34.6 Å². The first-order valence-electron chi connectivity index (χ1n) is 17.6. The van der Waals surface area contributed by atoms with Gasteiger partial charge in [-0.1, -0.05) is 48.5 Å². The van der Waals surface area contributed by atoms with Crippen LogP contribution in [0.15, 0.2) is 0 Å². The molecule has 0 unspecified atom stereocenters. The van der Waals surface area contributed by atoms with Crippen LogP contribution in [0.1, 0.15) is 113 Å². The summed E-state index contributed by atoms with van der Waals surface area (Å²) in [6.45, 7) is 18.1. The molecule has 0 amide bonds. The molecule has 15 atom stereocenters. The van der Waals surface area contributed by atoms with Crippen LogP contribution in [0.5, 0.6) is 0 Å². The predicted molar refractivity (Wildman–Crippen MR) is 163 cm³/mol. The van der Waals surface area contributed by atoms with E-state index in [1.54, 1.807) is 0 Å². The van der Waals surface area contributed by atoms with Gasteiger partial charge >= 0.3 is 0 Å². The van der Waals surface area contributed by atoms with Crippen molar-refractivity contribution in [2.24, 2.45) is 56.2 Å². The molecular formula is C36H60O7. The van der Waals surface area contributed by atoms with Gasteiger partial charge in [0.05, 0.1) is 25.4 Å². The Balaban J connectivity index is 1.14. The molecule has 2 saturated heterocycles. The van der Waals surface area contributed by atoms with E-state index >= 15 is 0 Å². The minimum absolute atomic E-state index is 0.143. The summed E-state index contributed by atoms with van der Waals surface area (Å²) in [5.41, 5.74) is 1.36. The second-order valence-electron chi connectivity index (χ2n) is 18.5. The average molecular weight is 605 g/mol. The average Bonchev–Trinajstić information content (AvgIpc) is 3.29. The molecule has 7 aliphatic rings. The Kier molecular flexibility index (Phi) is 7.19. The van der Waals surface area contributed by atoms with E-state index < -0.39 is 37.3 Å². The second kappa shape index (κ2) is 9.87. The number of aliphatic hydroxyl groups is 4. The zero-order valence-electron chi connectivity index (χ0n) is 27.8. The fourth-order valence-electron chi connectivity index (χ4n) is 13.5. The summed E-state index contributed by atoms with van der Waals surface area (Å²) in [6.07, 6.45) is 6.43. The lowest BCUT2D eigenvalue weighted by Crippen LogP contribution is -2.68. The maximum Gasteiger partial charge on any atom is 0.186 e. The summed E-state index contributed by atoms with van der Waals surface area (Å²) in [6, 6.07) is 0. The number of fused-ring (bicyclic) bond motifs is 5. The van der Waals surface area contributed by atoms with Crippen LogP contribution >= 0.6 is 0 Å². The summed E-state index contributed by atoms with van der Waals surface area (Å²) < 4.78 is 19.1. The van der Waals surface area contributed by atoms with E-state index in [-0.39, 0.29) is 22.3 Å². The number of hydrogen-bond acceptors (Lipinski definition) is 7. The third kappa shape index (κ3) is 4.04. The molecule has 0 aromatic heterocycles. The molecule has 5 saturated carbocycles. The normalized spacial score (nSPS) is 58.5. The van der Waals surface area contributed by atoms with E-state index in [1.165, 1.54) is 51.4 Å². The van der Waals surface area contributed by atoms with E-state index in [2.05, 4.69) is 48.5 Å². The number of ether oxygens (including phenoxy) is 3. The fraction of sp³-hybridized carbons (Fsp3) is 1.00. The third-order valence-corrected chi connectivity index (χ3v) is 16.2. The van der Waals surface area contributed by atoms with Gasteiger partial charge in [-0.3, -0.25) is 0 Å². The summed E-state index contributed by atoms with van der Waals surface area (Å²) in [4.78, 5) is 0. The van der Waals surface area contributed by atoms with Crippen LogP contribution in [0.2, 0.25) is 0 Å². The number of rotatable bonds is 3. The van der Waals surface area contributed by atoms with E-state index in [0.717, 1.165) is 25.4 Å². The first-order valence-corrected chi connectivity index (χ1v) is 17.6. The van der Waals surface area contributed by atoms with Crippen molar-refractivity contribution in [2.75, 3.05) is 13.2 Å². The van der Waals surface area contributed by atoms with Crippen LogP contribution < -0.4 is 0 Å². The fourth-order valence-corrected chi connectivity index (χ4v) is 13.5. The van der Waals surface area contributed by atoms with Crippen LogP contribution in [0.25, 0.3) is 0 Å². The second-order valence-corrected chi connectivity index (χ2v) is 18.5. The van der Waals surface area contributed by atoms with Crippen LogP contribution in [-0.2, 0) is 14.2 Å². The van der Waals surface area contributed by atoms with Gasteiger partial charge in [0.1, 0.15) is 24.4 Å². The van der Waals surface area contributed by atoms with E-state index in [4.69, 9.17) is 14.2 Å². The molecule has 0 aromatic rings. The lowest BCUT2D eigenvalue weighted by molar-refractivity contribution is -0.332. The van der Waals surface area contributed by atoms with Crippen molar-refractivity contribution in [3.63, 3.8) is 0 Å². The van der Waals surface area contributed by atoms with Gasteiger partial charge in [-0.15, -0.1) is 0 Å². The Labute approximate surface area is 259 Å². The Morgan fingerprint density at radius 1 is 0.721 bits per heavy atom. The highest BCUT2D eigenvalue weighted by atomic mass is 16.7. The molecule has 0 radical (unpaired) electrons. The molecule has 0 spiro atoms. The molecule has 246 valence electrons. The Morgan fingerprint density at radius 2 is 1.44 bits per heavy atom. The van der Waals surface area contributed by atoms with Crippen LogP contribution in [-0.4, -0.2) is 76.6 Å². The monoisotopic (exact) mass is 604 g/mol. The van der Waals surface area contributed by atoms with Gasteiger partial charge < -0.3 is 34.6 Å². The Bertz CT molecular complexity index is 1090. The van der Waals surface area contributed by atoms with Gasteiger partial charge in [0, 0.05) is 0 Å². The third-order valence-electron chi connectivity index (χ3n) is 16.2. The molecule has 2 heterocycles. The molecule has 0 aromatic carbocycles. The van der Waals surface area contributed by atoms with Crippen molar-refractivity contribution in [3.05, 3.63) is 0 Å². The standard InChI is InChI=1S/C36H60O7/c1-31(2)14-16-36-17-15-34(6)20(25(36)29(31)41-19-36)8-9-23-33(5)12-11-24(32(3,4)22(33)10-13-35(23,34)7)43-30-28(40)27(39)26(38)21(18-37)42-30/h20-30,37-40H,8-19H2,1-7H3/t20-,21-,22+,23-,24+,25+,26-,27+,28-,29+,30+,33+,34-,35-,36-/m1/s1. The minimum Gasteiger partial charge on any atom is -0.394 e. The molecular weight excluding hydrogens is 544 g/mol. The van der Waals surface area contributed by atoms with Gasteiger partial charge in [-0.25, -0.2) is 0 Å². The molecule has 2 aliphatic heterocycles. The molecule has 2 bridgehead atoms. The van der Waals surface area contributed by atoms with Gasteiger partial charge in [0.15, 0.2) is 6.29 Å². The van der Waals surface area contributed by atoms with Crippen molar-refractivity contribution in [1.82, 2.24) is 0 Å². The summed E-state index contributed by atoms with van der Waals surface area (Å²) in [7, 11) is 0. The summed E-state index contributed by atoms with van der Waals surface area (Å²) >= 11 is 0. The molecule has 7 heteroatoms. The van der Waals surface area contributed by atoms with Crippen molar-refractivity contribution in [2.45, 2.75) is 156 Å². The van der Waals surface area contributed by atoms with Crippen LogP contribution in [0.3, 0.4) is 0 Å². The molecule has 5 aliphatic carbocycles. The molecule has 7 nitrogen and oxygen atoms in total. The molecule has 7 fully saturated rings. The molecule has 4 N–H and O–H groups in total.